The molecule has 0 atom stereocenters. The second kappa shape index (κ2) is 7.26. The van der Waals surface area contributed by atoms with Crippen molar-refractivity contribution in [1.29, 1.82) is 0 Å². The molecule has 0 saturated heterocycles. The number of methoxy groups -OCH3 is 1. The molecule has 2 rings (SSSR count). The predicted molar refractivity (Wildman–Crippen MR) is 79.3 cm³/mol. The second-order valence-corrected chi connectivity index (χ2v) is 4.47. The number of aldehydes is 1. The van der Waals surface area contributed by atoms with Crippen LogP contribution in [0.5, 0.6) is 17.2 Å². The summed E-state index contributed by atoms with van der Waals surface area (Å²) in [4.78, 5) is 21.7. The summed E-state index contributed by atoms with van der Waals surface area (Å²) >= 11 is 0. The Kier molecular flexibility index (Phi) is 5.14. The van der Waals surface area contributed by atoms with Gasteiger partial charge in [0.1, 0.15) is 18.1 Å². The Morgan fingerprint density at radius 3 is 2.65 bits per heavy atom. The number of halogens is 1. The van der Waals surface area contributed by atoms with Gasteiger partial charge in [-0.15, -0.1) is 0 Å². The lowest BCUT2D eigenvalue weighted by atomic mass is 10.2. The van der Waals surface area contributed by atoms with E-state index >= 15 is 0 Å². The number of hydrogen-bond donors (Lipinski definition) is 1. The highest BCUT2D eigenvalue weighted by molar-refractivity contribution is 5.80. The number of amides is 1. The van der Waals surface area contributed by atoms with Crippen molar-refractivity contribution in [2.75, 3.05) is 7.11 Å². The van der Waals surface area contributed by atoms with Crippen molar-refractivity contribution < 1.29 is 28.2 Å². The summed E-state index contributed by atoms with van der Waals surface area (Å²) in [7, 11) is 1.34. The van der Waals surface area contributed by atoms with Crippen molar-refractivity contribution in [2.24, 2.45) is 5.73 Å². The molecule has 0 bridgehead atoms. The first-order valence-corrected chi connectivity index (χ1v) is 6.56. The zero-order chi connectivity index (χ0) is 16.8. The monoisotopic (exact) mass is 319 g/mol. The lowest BCUT2D eigenvalue weighted by molar-refractivity contribution is 0.111. The molecule has 2 N–H and O–H groups in total. The summed E-state index contributed by atoms with van der Waals surface area (Å²) in [6.45, 7) is 0.0114. The molecule has 0 radical (unpaired) electrons. The van der Waals surface area contributed by atoms with Crippen molar-refractivity contribution >= 4 is 12.4 Å². The SMILES string of the molecule is COc1ccc(OCc2cccc(OC(N)=O)c2)c(F)c1C=O. The van der Waals surface area contributed by atoms with E-state index < -0.39 is 11.9 Å². The van der Waals surface area contributed by atoms with Crippen LogP contribution in [0.25, 0.3) is 0 Å². The van der Waals surface area contributed by atoms with Crippen LogP contribution in [0.4, 0.5) is 9.18 Å². The first-order valence-electron chi connectivity index (χ1n) is 6.56. The number of ether oxygens (including phenoxy) is 3. The average molecular weight is 319 g/mol. The van der Waals surface area contributed by atoms with Gasteiger partial charge in [0.2, 0.25) is 0 Å². The van der Waals surface area contributed by atoms with E-state index in [9.17, 15) is 14.0 Å². The highest BCUT2D eigenvalue weighted by atomic mass is 19.1. The summed E-state index contributed by atoms with van der Waals surface area (Å²) in [5.74, 6) is -0.512. The van der Waals surface area contributed by atoms with Gasteiger partial charge in [-0.25, -0.2) is 9.18 Å². The van der Waals surface area contributed by atoms with Crippen LogP contribution in [0.3, 0.4) is 0 Å². The van der Waals surface area contributed by atoms with Crippen molar-refractivity contribution in [1.82, 2.24) is 0 Å². The van der Waals surface area contributed by atoms with E-state index in [4.69, 9.17) is 19.9 Å². The van der Waals surface area contributed by atoms with Crippen molar-refractivity contribution in [3.63, 3.8) is 0 Å². The Balaban J connectivity index is 2.15. The minimum absolute atomic E-state index is 0.0114. The molecule has 2 aromatic rings. The van der Waals surface area contributed by atoms with Crippen LogP contribution in [0.15, 0.2) is 36.4 Å². The summed E-state index contributed by atoms with van der Waals surface area (Å²) in [6.07, 6.45) is -0.567. The van der Waals surface area contributed by atoms with Gasteiger partial charge in [0.25, 0.3) is 0 Å². The van der Waals surface area contributed by atoms with E-state index in [-0.39, 0.29) is 29.4 Å². The molecule has 2 aromatic carbocycles. The molecule has 0 spiro atoms. The summed E-state index contributed by atoms with van der Waals surface area (Å²) < 4.78 is 29.2. The average Bonchev–Trinajstić information content (AvgIpc) is 2.53. The van der Waals surface area contributed by atoms with Crippen molar-refractivity contribution in [3.8, 4) is 17.2 Å². The van der Waals surface area contributed by atoms with E-state index in [0.29, 0.717) is 11.8 Å². The predicted octanol–water partition coefficient (Wildman–Crippen LogP) is 2.68. The molecule has 0 aliphatic heterocycles. The normalized spacial score (nSPS) is 10.0. The van der Waals surface area contributed by atoms with E-state index in [1.54, 1.807) is 18.2 Å². The fourth-order valence-electron chi connectivity index (χ4n) is 1.93. The summed E-state index contributed by atoms with van der Waals surface area (Å²) in [5.41, 5.74) is 5.35. The van der Waals surface area contributed by atoms with Gasteiger partial charge in [-0.05, 0) is 29.8 Å². The molecular formula is C16H14FNO5. The zero-order valence-corrected chi connectivity index (χ0v) is 12.2. The van der Waals surface area contributed by atoms with Crippen molar-refractivity contribution in [3.05, 3.63) is 53.3 Å². The first-order chi connectivity index (χ1) is 11.0. The van der Waals surface area contributed by atoms with Gasteiger partial charge in [0.15, 0.2) is 17.9 Å². The quantitative estimate of drug-likeness (QED) is 0.827. The molecule has 0 aliphatic rings. The van der Waals surface area contributed by atoms with Crippen LogP contribution < -0.4 is 19.9 Å². The van der Waals surface area contributed by atoms with Gasteiger partial charge in [-0.1, -0.05) is 12.1 Å². The van der Waals surface area contributed by atoms with Crippen LogP contribution in [-0.4, -0.2) is 19.5 Å². The summed E-state index contributed by atoms with van der Waals surface area (Å²) in [5, 5.41) is 0. The maximum absolute atomic E-state index is 14.2. The fourth-order valence-corrected chi connectivity index (χ4v) is 1.93. The van der Waals surface area contributed by atoms with Gasteiger partial charge < -0.3 is 19.9 Å². The Hall–Kier alpha value is -3.09. The largest absolute Gasteiger partial charge is 0.496 e. The molecule has 6 nitrogen and oxygen atoms in total. The third-order valence-corrected chi connectivity index (χ3v) is 2.95. The fraction of sp³-hybridized carbons (Fsp3) is 0.125. The number of primary amides is 1. The third-order valence-electron chi connectivity index (χ3n) is 2.95. The maximum Gasteiger partial charge on any atom is 0.409 e. The topological polar surface area (TPSA) is 87.8 Å². The first kappa shape index (κ1) is 16.3. The Bertz CT molecular complexity index is 732. The molecule has 0 aromatic heterocycles. The smallest absolute Gasteiger partial charge is 0.409 e. The lowest BCUT2D eigenvalue weighted by Crippen LogP contribution is -2.16. The van der Waals surface area contributed by atoms with Crippen LogP contribution in [-0.2, 0) is 6.61 Å². The molecule has 0 saturated carbocycles. The van der Waals surface area contributed by atoms with E-state index in [1.165, 1.54) is 25.3 Å². The highest BCUT2D eigenvalue weighted by Crippen LogP contribution is 2.28. The van der Waals surface area contributed by atoms with E-state index in [2.05, 4.69) is 0 Å². The molecule has 0 fully saturated rings. The number of hydrogen-bond acceptors (Lipinski definition) is 5. The minimum atomic E-state index is -0.931. The van der Waals surface area contributed by atoms with Gasteiger partial charge in [0, 0.05) is 0 Å². The van der Waals surface area contributed by atoms with Crippen LogP contribution in [0.2, 0.25) is 0 Å². The van der Waals surface area contributed by atoms with E-state index in [1.807, 2.05) is 0 Å². The minimum Gasteiger partial charge on any atom is -0.496 e. The summed E-state index contributed by atoms with van der Waals surface area (Å²) in [6, 6.07) is 9.23. The number of rotatable bonds is 6. The molecule has 0 heterocycles. The highest BCUT2D eigenvalue weighted by Gasteiger charge is 2.14. The Morgan fingerprint density at radius 2 is 2.00 bits per heavy atom. The third kappa shape index (κ3) is 3.97. The maximum atomic E-state index is 14.2. The van der Waals surface area contributed by atoms with Gasteiger partial charge >= 0.3 is 6.09 Å². The van der Waals surface area contributed by atoms with Gasteiger partial charge in [-0.3, -0.25) is 4.79 Å². The number of benzene rings is 2. The molecule has 0 aliphatic carbocycles. The van der Waals surface area contributed by atoms with Crippen LogP contribution in [0, 0.1) is 5.82 Å². The molecule has 0 unspecified atom stereocenters. The Morgan fingerprint density at radius 1 is 1.26 bits per heavy atom. The van der Waals surface area contributed by atoms with Crippen LogP contribution in [0.1, 0.15) is 15.9 Å². The van der Waals surface area contributed by atoms with Crippen LogP contribution >= 0.6 is 0 Å². The molecule has 7 heteroatoms. The molecule has 23 heavy (non-hydrogen) atoms. The second-order valence-electron chi connectivity index (χ2n) is 4.47. The molecule has 1 amide bonds. The molecule has 120 valence electrons. The van der Waals surface area contributed by atoms with Crippen molar-refractivity contribution in [2.45, 2.75) is 6.61 Å². The zero-order valence-electron chi connectivity index (χ0n) is 12.2. The van der Waals surface area contributed by atoms with Gasteiger partial charge in [-0.2, -0.15) is 0 Å². The van der Waals surface area contributed by atoms with Gasteiger partial charge in [0.05, 0.1) is 12.7 Å². The lowest BCUT2D eigenvalue weighted by Gasteiger charge is -2.11. The number of nitrogens with two attached hydrogens (primary N) is 1. The number of carbonyl (C=O) groups is 2. The Labute approximate surface area is 131 Å². The standard InChI is InChI=1S/C16H14FNO5/c1-21-13-5-6-14(15(17)12(13)8-19)22-9-10-3-2-4-11(7-10)23-16(18)20/h2-8H,9H2,1H3,(H2,18,20). The molecular weight excluding hydrogens is 305 g/mol. The number of carbonyl (C=O) groups excluding carboxylic acids is 2. The van der Waals surface area contributed by atoms with E-state index in [0.717, 1.165) is 0 Å².